The number of benzene rings is 2. The molecule has 4 rings (SSSR count). The molecule has 1 aliphatic rings. The Morgan fingerprint density at radius 3 is 2.50 bits per heavy atom. The third-order valence-corrected chi connectivity index (χ3v) is 4.83. The molecule has 2 aromatic carbocycles. The number of hydrogen-bond acceptors (Lipinski definition) is 4. The molecule has 0 bridgehead atoms. The molecule has 1 amide bonds. The smallest absolute Gasteiger partial charge is 0.254 e. The molecule has 0 spiro atoms. The minimum absolute atomic E-state index is 0.0668. The maximum Gasteiger partial charge on any atom is 0.254 e. The molecular formula is C20H21N5O. The first-order valence-corrected chi connectivity index (χ1v) is 8.72. The molecule has 1 unspecified atom stereocenters. The van der Waals surface area contributed by atoms with Crippen LogP contribution in [0.1, 0.15) is 22.0 Å². The minimum atomic E-state index is 0.0668. The number of amides is 1. The maximum absolute atomic E-state index is 13.2. The van der Waals surface area contributed by atoms with Crippen molar-refractivity contribution in [1.29, 1.82) is 0 Å². The van der Waals surface area contributed by atoms with Crippen LogP contribution in [-0.4, -0.2) is 57.2 Å². The molecule has 6 heteroatoms. The zero-order valence-electron chi connectivity index (χ0n) is 14.7. The van der Waals surface area contributed by atoms with Gasteiger partial charge in [-0.1, -0.05) is 30.3 Å². The molecule has 1 fully saturated rings. The molecule has 1 atom stereocenters. The van der Waals surface area contributed by atoms with Gasteiger partial charge in [-0.3, -0.25) is 4.79 Å². The van der Waals surface area contributed by atoms with Gasteiger partial charge in [0.25, 0.3) is 5.91 Å². The summed E-state index contributed by atoms with van der Waals surface area (Å²) in [6.07, 6.45) is 3.14. The van der Waals surface area contributed by atoms with Crippen LogP contribution in [0.15, 0.2) is 67.3 Å². The van der Waals surface area contributed by atoms with E-state index in [1.165, 1.54) is 11.9 Å². The Kier molecular flexibility index (Phi) is 4.50. The van der Waals surface area contributed by atoms with Gasteiger partial charge in [0.15, 0.2) is 0 Å². The van der Waals surface area contributed by atoms with Gasteiger partial charge in [-0.15, -0.1) is 0 Å². The lowest BCUT2D eigenvalue weighted by atomic mass is 10.0. The van der Waals surface area contributed by atoms with Crippen molar-refractivity contribution in [3.8, 4) is 5.69 Å². The van der Waals surface area contributed by atoms with Gasteiger partial charge in [0.1, 0.15) is 12.7 Å². The molecule has 26 heavy (non-hydrogen) atoms. The third-order valence-electron chi connectivity index (χ3n) is 4.83. The monoisotopic (exact) mass is 347 g/mol. The quantitative estimate of drug-likeness (QED) is 0.730. The average Bonchev–Trinajstić information content (AvgIpc) is 3.23. The highest BCUT2D eigenvalue weighted by Crippen LogP contribution is 2.26. The van der Waals surface area contributed by atoms with Crippen molar-refractivity contribution < 1.29 is 4.79 Å². The molecule has 0 N–H and O–H groups in total. The minimum Gasteiger partial charge on any atom is -0.329 e. The Bertz CT molecular complexity index is 861. The fraction of sp³-hybridized carbons (Fsp3) is 0.250. The van der Waals surface area contributed by atoms with E-state index in [0.29, 0.717) is 5.56 Å². The highest BCUT2D eigenvalue weighted by atomic mass is 16.2. The van der Waals surface area contributed by atoms with Crippen LogP contribution in [0.25, 0.3) is 5.69 Å². The molecule has 0 radical (unpaired) electrons. The number of piperazine rings is 1. The van der Waals surface area contributed by atoms with Gasteiger partial charge in [-0.05, 0) is 36.9 Å². The fourth-order valence-electron chi connectivity index (χ4n) is 3.39. The number of rotatable bonds is 3. The lowest BCUT2D eigenvalue weighted by Gasteiger charge is -2.40. The van der Waals surface area contributed by atoms with E-state index in [9.17, 15) is 4.79 Å². The molecule has 1 aromatic heterocycles. The normalized spacial score (nSPS) is 18.0. The molecule has 0 saturated carbocycles. The summed E-state index contributed by atoms with van der Waals surface area (Å²) in [5, 5.41) is 4.12. The fourth-order valence-corrected chi connectivity index (χ4v) is 3.39. The van der Waals surface area contributed by atoms with Crippen molar-refractivity contribution in [2.24, 2.45) is 0 Å². The van der Waals surface area contributed by atoms with Crippen molar-refractivity contribution >= 4 is 5.91 Å². The molecule has 0 aliphatic carbocycles. The summed E-state index contributed by atoms with van der Waals surface area (Å²) in [6, 6.07) is 17.8. The third kappa shape index (κ3) is 3.23. The first-order chi connectivity index (χ1) is 12.7. The topological polar surface area (TPSA) is 54.3 Å². The Labute approximate surface area is 152 Å². The summed E-state index contributed by atoms with van der Waals surface area (Å²) >= 11 is 0. The van der Waals surface area contributed by atoms with E-state index in [2.05, 4.69) is 34.2 Å². The molecule has 1 aliphatic heterocycles. The molecule has 2 heterocycles. The van der Waals surface area contributed by atoms with Crippen molar-refractivity contribution in [3.63, 3.8) is 0 Å². The van der Waals surface area contributed by atoms with E-state index < -0.39 is 0 Å². The average molecular weight is 347 g/mol. The van der Waals surface area contributed by atoms with Gasteiger partial charge in [-0.25, -0.2) is 9.67 Å². The van der Waals surface area contributed by atoms with E-state index in [4.69, 9.17) is 0 Å². The van der Waals surface area contributed by atoms with E-state index in [0.717, 1.165) is 25.3 Å². The summed E-state index contributed by atoms with van der Waals surface area (Å²) in [7, 11) is 2.10. The van der Waals surface area contributed by atoms with Crippen molar-refractivity contribution in [1.82, 2.24) is 24.6 Å². The lowest BCUT2D eigenvalue weighted by Crippen LogP contribution is -2.49. The number of hydrogen-bond donors (Lipinski definition) is 0. The zero-order chi connectivity index (χ0) is 17.9. The van der Waals surface area contributed by atoms with Crippen LogP contribution >= 0.6 is 0 Å². The van der Waals surface area contributed by atoms with E-state index in [1.54, 1.807) is 11.0 Å². The Morgan fingerprint density at radius 2 is 1.81 bits per heavy atom. The molecular weight excluding hydrogens is 326 g/mol. The zero-order valence-corrected chi connectivity index (χ0v) is 14.7. The van der Waals surface area contributed by atoms with Gasteiger partial charge < -0.3 is 9.80 Å². The number of nitrogens with zero attached hydrogens (tertiary/aromatic N) is 5. The molecule has 1 saturated heterocycles. The van der Waals surface area contributed by atoms with E-state index in [-0.39, 0.29) is 11.9 Å². The molecule has 3 aromatic rings. The molecule has 132 valence electrons. The van der Waals surface area contributed by atoms with Gasteiger partial charge in [0, 0.05) is 25.2 Å². The SMILES string of the molecule is CN1CCN(C(=O)c2ccc(-n3cncn3)cc2)C(c2ccccc2)C1. The van der Waals surface area contributed by atoms with Crippen LogP contribution in [0.2, 0.25) is 0 Å². The van der Waals surface area contributed by atoms with E-state index in [1.807, 2.05) is 47.4 Å². The van der Waals surface area contributed by atoms with Gasteiger partial charge in [0.05, 0.1) is 11.7 Å². The largest absolute Gasteiger partial charge is 0.329 e. The first-order valence-electron chi connectivity index (χ1n) is 8.72. The van der Waals surface area contributed by atoms with Crippen molar-refractivity contribution in [2.75, 3.05) is 26.7 Å². The van der Waals surface area contributed by atoms with Crippen molar-refractivity contribution in [3.05, 3.63) is 78.4 Å². The second kappa shape index (κ2) is 7.09. The maximum atomic E-state index is 13.2. The van der Waals surface area contributed by atoms with Crippen LogP contribution in [0.5, 0.6) is 0 Å². The van der Waals surface area contributed by atoms with Gasteiger partial charge in [-0.2, -0.15) is 5.10 Å². The first kappa shape index (κ1) is 16.5. The second-order valence-electron chi connectivity index (χ2n) is 6.57. The van der Waals surface area contributed by atoms with Crippen LogP contribution in [0, 0.1) is 0 Å². The summed E-state index contributed by atoms with van der Waals surface area (Å²) in [4.78, 5) is 21.4. The number of aromatic nitrogens is 3. The molecule has 6 nitrogen and oxygen atoms in total. The number of likely N-dealkylation sites (N-methyl/N-ethyl adjacent to an activating group) is 1. The summed E-state index contributed by atoms with van der Waals surface area (Å²) in [5.41, 5.74) is 2.75. The Balaban J connectivity index is 1.59. The second-order valence-corrected chi connectivity index (χ2v) is 6.57. The van der Waals surface area contributed by atoms with Gasteiger partial charge in [0.2, 0.25) is 0 Å². The summed E-state index contributed by atoms with van der Waals surface area (Å²) in [6.45, 7) is 2.44. The Hall–Kier alpha value is -2.99. The predicted octanol–water partition coefficient (Wildman–Crippen LogP) is 2.40. The van der Waals surface area contributed by atoms with Crippen LogP contribution in [0.4, 0.5) is 0 Å². The highest BCUT2D eigenvalue weighted by molar-refractivity contribution is 5.94. The van der Waals surface area contributed by atoms with Crippen LogP contribution in [-0.2, 0) is 0 Å². The van der Waals surface area contributed by atoms with Gasteiger partial charge >= 0.3 is 0 Å². The highest BCUT2D eigenvalue weighted by Gasteiger charge is 2.30. The van der Waals surface area contributed by atoms with Crippen molar-refractivity contribution in [2.45, 2.75) is 6.04 Å². The summed E-state index contributed by atoms with van der Waals surface area (Å²) < 4.78 is 1.68. The predicted molar refractivity (Wildman–Crippen MR) is 99.1 cm³/mol. The van der Waals surface area contributed by atoms with Crippen LogP contribution in [0.3, 0.4) is 0 Å². The van der Waals surface area contributed by atoms with Crippen LogP contribution < -0.4 is 0 Å². The van der Waals surface area contributed by atoms with E-state index >= 15 is 0 Å². The number of carbonyl (C=O) groups excluding carboxylic acids is 1. The lowest BCUT2D eigenvalue weighted by molar-refractivity contribution is 0.0498. The standard InChI is InChI=1S/C20H21N5O/c1-23-11-12-24(19(13-23)16-5-3-2-4-6-16)20(26)17-7-9-18(10-8-17)25-15-21-14-22-25/h2-10,14-15,19H,11-13H2,1H3. The number of carbonyl (C=O) groups is 1. The Morgan fingerprint density at radius 1 is 1.04 bits per heavy atom. The summed E-state index contributed by atoms with van der Waals surface area (Å²) in [5.74, 6) is 0.0668.